The molecule has 5 rings (SSSR count). The van der Waals surface area contributed by atoms with Gasteiger partial charge in [-0.3, -0.25) is 4.68 Å². The van der Waals surface area contributed by atoms with Gasteiger partial charge in [-0.15, -0.1) is 0 Å². The van der Waals surface area contributed by atoms with E-state index in [0.717, 1.165) is 30.3 Å². The number of benzene rings is 1. The predicted octanol–water partition coefficient (Wildman–Crippen LogP) is 4.13. The molecule has 2 unspecified atom stereocenters. The quantitative estimate of drug-likeness (QED) is 0.698. The standard InChI is InChI=1S/C20H19F2N5/c1-26-17(8-9-23-26)12-10-13-6-7-14(11-12)27(13)20-15-4-2-3-5-16(15)24-19(25-20)18(21)22/h2-5,8-10,13-14,18H,6-7,11H2,1H3. The summed E-state index contributed by atoms with van der Waals surface area (Å²) < 4.78 is 28.6. The molecule has 5 nitrogen and oxygen atoms in total. The first-order chi connectivity index (χ1) is 13.1. The number of nitrogens with zero attached hydrogens (tertiary/aromatic N) is 5. The molecule has 1 saturated heterocycles. The van der Waals surface area contributed by atoms with Gasteiger partial charge in [0.2, 0.25) is 0 Å². The fourth-order valence-corrected chi connectivity index (χ4v) is 4.41. The molecular formula is C20H19F2N5. The Labute approximate surface area is 155 Å². The van der Waals surface area contributed by atoms with Gasteiger partial charge in [-0.25, -0.2) is 18.7 Å². The van der Waals surface area contributed by atoms with Crippen molar-refractivity contribution in [2.24, 2.45) is 7.05 Å². The molecule has 0 saturated carbocycles. The average Bonchev–Trinajstić information content (AvgIpc) is 3.21. The van der Waals surface area contributed by atoms with E-state index < -0.39 is 12.2 Å². The minimum Gasteiger partial charge on any atom is -0.346 e. The normalized spacial score (nSPS) is 21.9. The van der Waals surface area contributed by atoms with Crippen LogP contribution in [0.3, 0.4) is 0 Å². The zero-order chi connectivity index (χ0) is 18.5. The minimum absolute atomic E-state index is 0.150. The molecule has 0 spiro atoms. The number of rotatable bonds is 3. The Hall–Kier alpha value is -2.83. The van der Waals surface area contributed by atoms with Crippen LogP contribution in [-0.4, -0.2) is 31.8 Å². The van der Waals surface area contributed by atoms with Gasteiger partial charge < -0.3 is 4.90 Å². The maximum Gasteiger partial charge on any atom is 0.297 e. The van der Waals surface area contributed by atoms with Gasteiger partial charge in [0.1, 0.15) is 5.82 Å². The largest absolute Gasteiger partial charge is 0.346 e. The molecular weight excluding hydrogens is 348 g/mol. The molecule has 4 heterocycles. The third kappa shape index (κ3) is 2.60. The summed E-state index contributed by atoms with van der Waals surface area (Å²) in [5.41, 5.74) is 2.96. The number of alkyl halides is 2. The summed E-state index contributed by atoms with van der Waals surface area (Å²) in [5.74, 6) is 0.230. The Morgan fingerprint density at radius 2 is 1.96 bits per heavy atom. The van der Waals surface area contributed by atoms with E-state index >= 15 is 0 Å². The Morgan fingerprint density at radius 3 is 2.70 bits per heavy atom. The first kappa shape index (κ1) is 16.4. The van der Waals surface area contributed by atoms with Crippen LogP contribution in [0.2, 0.25) is 0 Å². The van der Waals surface area contributed by atoms with Crippen LogP contribution in [0.1, 0.15) is 37.2 Å². The van der Waals surface area contributed by atoms with E-state index in [9.17, 15) is 8.78 Å². The van der Waals surface area contributed by atoms with Gasteiger partial charge in [0.05, 0.1) is 11.2 Å². The highest BCUT2D eigenvalue weighted by Gasteiger charge is 2.39. The average molecular weight is 367 g/mol. The third-order valence-corrected chi connectivity index (χ3v) is 5.59. The van der Waals surface area contributed by atoms with Crippen LogP contribution in [0.5, 0.6) is 0 Å². The molecule has 0 amide bonds. The molecule has 0 N–H and O–H groups in total. The topological polar surface area (TPSA) is 46.8 Å². The second-order valence-corrected chi connectivity index (χ2v) is 7.17. The highest BCUT2D eigenvalue weighted by molar-refractivity contribution is 5.90. The summed E-state index contributed by atoms with van der Waals surface area (Å²) in [6.45, 7) is 0. The molecule has 1 aromatic carbocycles. The van der Waals surface area contributed by atoms with Gasteiger partial charge >= 0.3 is 0 Å². The molecule has 0 radical (unpaired) electrons. The van der Waals surface area contributed by atoms with Gasteiger partial charge in [0.15, 0.2) is 5.82 Å². The summed E-state index contributed by atoms with van der Waals surface area (Å²) in [7, 11) is 1.94. The van der Waals surface area contributed by atoms with Crippen LogP contribution in [-0.2, 0) is 7.05 Å². The van der Waals surface area contributed by atoms with Gasteiger partial charge in [0, 0.05) is 30.7 Å². The van der Waals surface area contributed by atoms with Crippen molar-refractivity contribution in [1.29, 1.82) is 0 Å². The Morgan fingerprint density at radius 1 is 1.11 bits per heavy atom. The number of halogens is 2. The number of para-hydroxylation sites is 1. The summed E-state index contributed by atoms with van der Waals surface area (Å²) in [6, 6.07) is 9.83. The molecule has 0 aliphatic carbocycles. The number of fused-ring (bicyclic) bond motifs is 3. The highest BCUT2D eigenvalue weighted by atomic mass is 19.3. The summed E-state index contributed by atoms with van der Waals surface area (Å²) in [4.78, 5) is 10.6. The number of hydrogen-bond acceptors (Lipinski definition) is 4. The van der Waals surface area contributed by atoms with Crippen LogP contribution >= 0.6 is 0 Å². The molecule has 2 aliphatic heterocycles. The SMILES string of the molecule is Cn1nccc1C1=CC2CCC(C1)N2c1nc(C(F)F)nc2ccccc12. The third-order valence-electron chi connectivity index (χ3n) is 5.59. The monoisotopic (exact) mass is 367 g/mol. The lowest BCUT2D eigenvalue weighted by atomic mass is 9.98. The van der Waals surface area contributed by atoms with Gasteiger partial charge in [-0.2, -0.15) is 5.10 Å². The molecule has 2 aliphatic rings. The molecule has 3 aromatic rings. The van der Waals surface area contributed by atoms with Crippen molar-refractivity contribution in [3.05, 3.63) is 54.1 Å². The van der Waals surface area contributed by atoms with Crippen molar-refractivity contribution >= 4 is 22.3 Å². The zero-order valence-corrected chi connectivity index (χ0v) is 14.9. The lowest BCUT2D eigenvalue weighted by Crippen LogP contribution is -2.39. The molecule has 2 bridgehead atoms. The molecule has 7 heteroatoms. The zero-order valence-electron chi connectivity index (χ0n) is 14.9. The van der Waals surface area contributed by atoms with Crippen molar-refractivity contribution < 1.29 is 8.78 Å². The van der Waals surface area contributed by atoms with E-state index in [0.29, 0.717) is 11.3 Å². The lowest BCUT2D eigenvalue weighted by Gasteiger charge is -2.35. The van der Waals surface area contributed by atoms with E-state index in [4.69, 9.17) is 0 Å². The molecule has 1 fully saturated rings. The van der Waals surface area contributed by atoms with Crippen LogP contribution in [0.25, 0.3) is 16.5 Å². The first-order valence-corrected chi connectivity index (χ1v) is 9.14. The van der Waals surface area contributed by atoms with Crippen molar-refractivity contribution in [1.82, 2.24) is 19.7 Å². The second kappa shape index (κ2) is 6.11. The molecule has 2 atom stereocenters. The predicted molar refractivity (Wildman–Crippen MR) is 99.6 cm³/mol. The van der Waals surface area contributed by atoms with Gasteiger partial charge in [-0.05, 0) is 43.0 Å². The Kier molecular flexibility index (Phi) is 3.70. The second-order valence-electron chi connectivity index (χ2n) is 7.17. The van der Waals surface area contributed by atoms with Crippen molar-refractivity contribution in [3.8, 4) is 0 Å². The molecule has 27 heavy (non-hydrogen) atoms. The van der Waals surface area contributed by atoms with E-state index in [2.05, 4.69) is 26.0 Å². The lowest BCUT2D eigenvalue weighted by molar-refractivity contribution is 0.141. The van der Waals surface area contributed by atoms with E-state index in [1.165, 1.54) is 5.57 Å². The van der Waals surface area contributed by atoms with Gasteiger partial charge in [0.25, 0.3) is 6.43 Å². The first-order valence-electron chi connectivity index (χ1n) is 9.14. The maximum absolute atomic E-state index is 13.4. The van der Waals surface area contributed by atoms with Crippen LogP contribution < -0.4 is 4.90 Å². The van der Waals surface area contributed by atoms with Crippen molar-refractivity contribution in [3.63, 3.8) is 0 Å². The number of anilines is 1. The van der Waals surface area contributed by atoms with E-state index in [-0.39, 0.29) is 12.1 Å². The summed E-state index contributed by atoms with van der Waals surface area (Å²) >= 11 is 0. The summed E-state index contributed by atoms with van der Waals surface area (Å²) in [6.07, 6.45) is 4.24. The number of aryl methyl sites for hydroxylation is 1. The number of hydrogen-bond donors (Lipinski definition) is 0. The van der Waals surface area contributed by atoms with E-state index in [1.807, 2.05) is 36.0 Å². The Balaban J connectivity index is 1.62. The molecule has 2 aromatic heterocycles. The van der Waals surface area contributed by atoms with Crippen LogP contribution in [0.4, 0.5) is 14.6 Å². The maximum atomic E-state index is 13.4. The molecule has 138 valence electrons. The van der Waals surface area contributed by atoms with E-state index in [1.54, 1.807) is 12.3 Å². The fourth-order valence-electron chi connectivity index (χ4n) is 4.41. The van der Waals surface area contributed by atoms with Crippen molar-refractivity contribution in [2.45, 2.75) is 37.8 Å². The number of aromatic nitrogens is 4. The highest BCUT2D eigenvalue weighted by Crippen LogP contribution is 2.42. The fraction of sp³-hybridized carbons (Fsp3) is 0.350. The van der Waals surface area contributed by atoms with Gasteiger partial charge in [-0.1, -0.05) is 18.2 Å². The van der Waals surface area contributed by atoms with Crippen molar-refractivity contribution in [2.75, 3.05) is 4.90 Å². The summed E-state index contributed by atoms with van der Waals surface area (Å²) in [5, 5.41) is 5.10. The van der Waals surface area contributed by atoms with Crippen LogP contribution in [0, 0.1) is 0 Å². The Bertz CT molecular complexity index is 1040. The minimum atomic E-state index is -2.68. The smallest absolute Gasteiger partial charge is 0.297 e. The van der Waals surface area contributed by atoms with Crippen LogP contribution in [0.15, 0.2) is 42.6 Å².